The van der Waals surface area contributed by atoms with Gasteiger partial charge in [0.2, 0.25) is 0 Å². The Hall–Kier alpha value is -1.56. The Morgan fingerprint density at radius 2 is 2.26 bits per heavy atom. The van der Waals surface area contributed by atoms with Gasteiger partial charge >= 0.3 is 6.09 Å². The molecule has 130 valence electrons. The fourth-order valence-electron chi connectivity index (χ4n) is 3.01. The molecule has 1 aromatic heterocycles. The molecule has 2 N–H and O–H groups in total. The molecule has 2 atom stereocenters. The molecule has 0 aliphatic heterocycles. The SMILES string of the molecule is CCC(CNC(=O)OC(C)(C)C)NC1CCCc2c1cnn2C. The van der Waals surface area contributed by atoms with Crippen molar-refractivity contribution in [3.05, 3.63) is 17.5 Å². The van der Waals surface area contributed by atoms with Crippen molar-refractivity contribution in [1.82, 2.24) is 20.4 Å². The summed E-state index contributed by atoms with van der Waals surface area (Å²) in [6, 6.07) is 0.538. The second-order valence-electron chi connectivity index (χ2n) is 7.27. The number of aryl methyl sites for hydroxylation is 1. The van der Waals surface area contributed by atoms with Gasteiger partial charge < -0.3 is 15.4 Å². The molecule has 6 heteroatoms. The Labute approximate surface area is 139 Å². The molecular formula is C17H30N4O2. The molecule has 1 aliphatic carbocycles. The van der Waals surface area contributed by atoms with Crippen LogP contribution in [0.5, 0.6) is 0 Å². The van der Waals surface area contributed by atoms with Crippen molar-refractivity contribution in [3.63, 3.8) is 0 Å². The van der Waals surface area contributed by atoms with Gasteiger partial charge in [-0.25, -0.2) is 4.79 Å². The summed E-state index contributed by atoms with van der Waals surface area (Å²) in [6.45, 7) is 8.30. The van der Waals surface area contributed by atoms with Crippen LogP contribution in [0.15, 0.2) is 6.20 Å². The Balaban J connectivity index is 1.89. The number of fused-ring (bicyclic) bond motifs is 1. The largest absolute Gasteiger partial charge is 0.444 e. The van der Waals surface area contributed by atoms with E-state index in [4.69, 9.17) is 4.74 Å². The van der Waals surface area contributed by atoms with E-state index in [1.807, 2.05) is 38.7 Å². The first-order chi connectivity index (χ1) is 10.8. The molecule has 1 heterocycles. The van der Waals surface area contributed by atoms with Crippen molar-refractivity contribution in [2.75, 3.05) is 6.54 Å². The minimum atomic E-state index is -0.465. The normalized spacial score (nSPS) is 19.1. The van der Waals surface area contributed by atoms with Crippen LogP contribution in [0.25, 0.3) is 0 Å². The first-order valence-corrected chi connectivity index (χ1v) is 8.54. The molecule has 1 aromatic rings. The van der Waals surface area contributed by atoms with Crippen LogP contribution in [0.1, 0.15) is 64.3 Å². The van der Waals surface area contributed by atoms with Crippen molar-refractivity contribution in [2.24, 2.45) is 7.05 Å². The molecule has 2 rings (SSSR count). The van der Waals surface area contributed by atoms with E-state index >= 15 is 0 Å². The Morgan fingerprint density at radius 1 is 1.52 bits per heavy atom. The van der Waals surface area contributed by atoms with Gasteiger partial charge in [-0.1, -0.05) is 6.92 Å². The van der Waals surface area contributed by atoms with Gasteiger partial charge in [0.05, 0.1) is 6.20 Å². The summed E-state index contributed by atoms with van der Waals surface area (Å²) < 4.78 is 7.27. The number of amides is 1. The number of hydrogen-bond acceptors (Lipinski definition) is 4. The van der Waals surface area contributed by atoms with E-state index < -0.39 is 5.60 Å². The van der Waals surface area contributed by atoms with Crippen LogP contribution in [0, 0.1) is 0 Å². The highest BCUT2D eigenvalue weighted by molar-refractivity contribution is 5.67. The minimum Gasteiger partial charge on any atom is -0.444 e. The smallest absolute Gasteiger partial charge is 0.407 e. The van der Waals surface area contributed by atoms with E-state index in [0.29, 0.717) is 12.6 Å². The fourth-order valence-corrected chi connectivity index (χ4v) is 3.01. The zero-order valence-corrected chi connectivity index (χ0v) is 15.0. The topological polar surface area (TPSA) is 68.2 Å². The highest BCUT2D eigenvalue weighted by Gasteiger charge is 2.25. The van der Waals surface area contributed by atoms with Crippen LogP contribution in [-0.4, -0.2) is 34.1 Å². The second-order valence-corrected chi connectivity index (χ2v) is 7.27. The summed E-state index contributed by atoms with van der Waals surface area (Å²) in [4.78, 5) is 11.8. The molecule has 1 amide bonds. The lowest BCUT2D eigenvalue weighted by atomic mass is 9.92. The maximum absolute atomic E-state index is 11.8. The molecule has 6 nitrogen and oxygen atoms in total. The summed E-state index contributed by atoms with van der Waals surface area (Å²) in [5.74, 6) is 0. The number of ether oxygens (including phenoxy) is 1. The van der Waals surface area contributed by atoms with Crippen LogP contribution in [0.4, 0.5) is 4.79 Å². The standard InChI is InChI=1S/C17H30N4O2/c1-6-12(10-18-16(22)23-17(2,3)4)20-14-8-7-9-15-13(14)11-19-21(15)5/h11-12,14,20H,6-10H2,1-5H3,(H,18,22). The number of nitrogens with zero attached hydrogens (tertiary/aromatic N) is 2. The van der Waals surface area contributed by atoms with E-state index in [2.05, 4.69) is 22.7 Å². The van der Waals surface area contributed by atoms with Crippen LogP contribution < -0.4 is 10.6 Å². The Kier molecular flexibility index (Phi) is 5.68. The lowest BCUT2D eigenvalue weighted by molar-refractivity contribution is 0.0521. The number of rotatable bonds is 5. The van der Waals surface area contributed by atoms with E-state index in [1.165, 1.54) is 17.7 Å². The second kappa shape index (κ2) is 7.34. The lowest BCUT2D eigenvalue weighted by Gasteiger charge is -2.29. The van der Waals surface area contributed by atoms with E-state index in [0.717, 1.165) is 19.3 Å². The van der Waals surface area contributed by atoms with Crippen LogP contribution >= 0.6 is 0 Å². The summed E-state index contributed by atoms with van der Waals surface area (Å²) in [5, 5.41) is 10.9. The van der Waals surface area contributed by atoms with Crippen molar-refractivity contribution in [3.8, 4) is 0 Å². The van der Waals surface area contributed by atoms with Gasteiger partial charge in [0.25, 0.3) is 0 Å². The molecule has 1 aliphatic rings. The van der Waals surface area contributed by atoms with Gasteiger partial charge in [-0.3, -0.25) is 4.68 Å². The Morgan fingerprint density at radius 3 is 2.91 bits per heavy atom. The quantitative estimate of drug-likeness (QED) is 0.874. The zero-order valence-electron chi connectivity index (χ0n) is 15.0. The number of carbonyl (C=O) groups excluding carboxylic acids is 1. The van der Waals surface area contributed by atoms with Gasteiger partial charge in [0.15, 0.2) is 0 Å². The van der Waals surface area contributed by atoms with Gasteiger partial charge in [-0.05, 0) is 46.5 Å². The maximum Gasteiger partial charge on any atom is 0.407 e. The fraction of sp³-hybridized carbons (Fsp3) is 0.765. The summed E-state index contributed by atoms with van der Waals surface area (Å²) >= 11 is 0. The van der Waals surface area contributed by atoms with Gasteiger partial charge in [-0.2, -0.15) is 5.10 Å². The minimum absolute atomic E-state index is 0.221. The summed E-state index contributed by atoms with van der Waals surface area (Å²) in [7, 11) is 2.00. The molecule has 0 aromatic carbocycles. The number of nitrogens with one attached hydrogen (secondary N) is 2. The monoisotopic (exact) mass is 322 g/mol. The lowest BCUT2D eigenvalue weighted by Crippen LogP contribution is -2.44. The van der Waals surface area contributed by atoms with Crippen molar-refractivity contribution < 1.29 is 9.53 Å². The van der Waals surface area contributed by atoms with Gasteiger partial charge in [0, 0.05) is 36.9 Å². The highest BCUT2D eigenvalue weighted by atomic mass is 16.6. The van der Waals surface area contributed by atoms with Gasteiger partial charge in [0.1, 0.15) is 5.60 Å². The van der Waals surface area contributed by atoms with Gasteiger partial charge in [-0.15, -0.1) is 0 Å². The molecule has 0 saturated carbocycles. The zero-order chi connectivity index (χ0) is 17.0. The first kappa shape index (κ1) is 17.8. The molecule has 0 radical (unpaired) electrons. The van der Waals surface area contributed by atoms with E-state index in [1.54, 1.807) is 0 Å². The average Bonchev–Trinajstić information content (AvgIpc) is 2.84. The third-order valence-corrected chi connectivity index (χ3v) is 4.20. The molecular weight excluding hydrogens is 292 g/mol. The number of hydrogen-bond donors (Lipinski definition) is 2. The van der Waals surface area contributed by atoms with E-state index in [-0.39, 0.29) is 12.1 Å². The summed E-state index contributed by atoms with van der Waals surface area (Å²) in [5.41, 5.74) is 2.16. The third kappa shape index (κ3) is 4.96. The average molecular weight is 322 g/mol. The summed E-state index contributed by atoms with van der Waals surface area (Å²) in [6.07, 6.45) is 5.93. The number of aromatic nitrogens is 2. The number of alkyl carbamates (subject to hydrolysis) is 1. The Bertz CT molecular complexity index is 533. The molecule has 0 spiro atoms. The van der Waals surface area contributed by atoms with Crippen LogP contribution in [-0.2, 0) is 18.2 Å². The third-order valence-electron chi connectivity index (χ3n) is 4.20. The van der Waals surface area contributed by atoms with Crippen LogP contribution in [0.2, 0.25) is 0 Å². The van der Waals surface area contributed by atoms with Crippen LogP contribution in [0.3, 0.4) is 0 Å². The number of carbonyl (C=O) groups is 1. The predicted molar refractivity (Wildman–Crippen MR) is 90.3 cm³/mol. The molecule has 0 fully saturated rings. The molecule has 23 heavy (non-hydrogen) atoms. The first-order valence-electron chi connectivity index (χ1n) is 8.54. The van der Waals surface area contributed by atoms with E-state index in [9.17, 15) is 4.79 Å². The molecule has 0 bridgehead atoms. The predicted octanol–water partition coefficient (Wildman–Crippen LogP) is 2.69. The maximum atomic E-state index is 11.8. The highest BCUT2D eigenvalue weighted by Crippen LogP contribution is 2.29. The molecule has 0 saturated heterocycles. The van der Waals surface area contributed by atoms with Crippen molar-refractivity contribution in [2.45, 2.75) is 71.1 Å². The van der Waals surface area contributed by atoms with Crippen molar-refractivity contribution in [1.29, 1.82) is 0 Å². The van der Waals surface area contributed by atoms with Crippen molar-refractivity contribution >= 4 is 6.09 Å². The molecule has 2 unspecified atom stereocenters.